The molecule has 0 aromatic heterocycles. The quantitative estimate of drug-likeness (QED) is 0.328. The number of aliphatic hydroxyl groups is 4. The molecule has 3 aliphatic heterocycles. The van der Waals surface area contributed by atoms with E-state index in [1.165, 1.54) is 0 Å². The van der Waals surface area contributed by atoms with Gasteiger partial charge in [0, 0.05) is 23.9 Å². The highest BCUT2D eigenvalue weighted by Gasteiger charge is 2.54. The number of likely N-dealkylation sites (N-methyl/N-ethyl adjacent to an activating group) is 1. The van der Waals surface area contributed by atoms with Crippen molar-refractivity contribution >= 4 is 28.5 Å². The van der Waals surface area contributed by atoms with Gasteiger partial charge in [0.05, 0.1) is 41.6 Å². The molecule has 0 amide bonds. The average molecular weight is 728 g/mol. The van der Waals surface area contributed by atoms with E-state index in [0.717, 1.165) is 10.8 Å². The summed E-state index contributed by atoms with van der Waals surface area (Å²) in [6.45, 7) is 14.7. The fourth-order valence-corrected chi connectivity index (χ4v) is 8.65. The molecular formula is C40H61N3O9. The van der Waals surface area contributed by atoms with Crippen molar-refractivity contribution in [2.24, 2.45) is 22.7 Å². The molecule has 52 heavy (non-hydrogen) atoms. The molecule has 12 nitrogen and oxygen atoms in total. The SMILES string of the molecule is CC[C@H]1OC(=O)[C@H](C)[C@@H](O)[C@H](C)[C@@H](O[C@@H]2O[C@H](C)C[C@H](N(C)C)[C@H]2O)[C@](C)(O)C[C@@H](C)CN2C(=Nc3cccc4ccccc34)O[C@H]([C@H]2C)[C@]1(C)O. The molecule has 0 aliphatic carbocycles. The van der Waals surface area contributed by atoms with Gasteiger partial charge in [-0.3, -0.25) is 4.79 Å². The number of aliphatic hydroxyl groups excluding tert-OH is 2. The molecule has 3 fully saturated rings. The van der Waals surface area contributed by atoms with Crippen LogP contribution in [0.2, 0.25) is 0 Å². The van der Waals surface area contributed by atoms with Gasteiger partial charge in [-0.1, -0.05) is 57.2 Å². The van der Waals surface area contributed by atoms with Crippen molar-refractivity contribution in [3.63, 3.8) is 0 Å². The summed E-state index contributed by atoms with van der Waals surface area (Å²) in [6.07, 6.45) is -5.41. The van der Waals surface area contributed by atoms with Gasteiger partial charge in [-0.25, -0.2) is 0 Å². The molecule has 3 aliphatic rings. The lowest BCUT2D eigenvalue weighted by atomic mass is 9.78. The van der Waals surface area contributed by atoms with Gasteiger partial charge in [-0.05, 0) is 85.3 Å². The Morgan fingerprint density at radius 2 is 1.65 bits per heavy atom. The van der Waals surface area contributed by atoms with Gasteiger partial charge < -0.3 is 49.2 Å². The van der Waals surface area contributed by atoms with E-state index in [1.807, 2.05) is 94.1 Å². The topological polar surface area (TPSA) is 154 Å². The summed E-state index contributed by atoms with van der Waals surface area (Å²) in [5.41, 5.74) is -2.49. The largest absolute Gasteiger partial charge is 0.459 e. The Morgan fingerprint density at radius 1 is 0.981 bits per heavy atom. The van der Waals surface area contributed by atoms with Crippen molar-refractivity contribution in [1.82, 2.24) is 9.80 Å². The average Bonchev–Trinajstić information content (AvgIpc) is 3.39. The molecule has 12 heteroatoms. The van der Waals surface area contributed by atoms with E-state index in [-0.39, 0.29) is 24.5 Å². The number of hydrogen-bond acceptors (Lipinski definition) is 11. The molecule has 290 valence electrons. The molecule has 14 atom stereocenters. The summed E-state index contributed by atoms with van der Waals surface area (Å²) in [4.78, 5) is 22.7. The van der Waals surface area contributed by atoms with Gasteiger partial charge in [0.25, 0.3) is 6.02 Å². The van der Waals surface area contributed by atoms with Crippen molar-refractivity contribution in [2.75, 3.05) is 20.6 Å². The first-order valence-corrected chi connectivity index (χ1v) is 18.9. The zero-order valence-corrected chi connectivity index (χ0v) is 32.5. The van der Waals surface area contributed by atoms with Gasteiger partial charge in [-0.2, -0.15) is 4.99 Å². The monoisotopic (exact) mass is 727 g/mol. The number of fused-ring (bicyclic) bond motifs is 3. The summed E-state index contributed by atoms with van der Waals surface area (Å²) >= 11 is 0. The van der Waals surface area contributed by atoms with Crippen LogP contribution in [0.25, 0.3) is 10.8 Å². The maximum Gasteiger partial charge on any atom is 0.311 e. The van der Waals surface area contributed by atoms with Crippen LogP contribution in [0.5, 0.6) is 0 Å². The minimum Gasteiger partial charge on any atom is -0.459 e. The zero-order valence-electron chi connectivity index (χ0n) is 32.5. The normalized spacial score (nSPS) is 41.8. The van der Waals surface area contributed by atoms with E-state index in [2.05, 4.69) is 0 Å². The Morgan fingerprint density at radius 3 is 2.33 bits per heavy atom. The first-order valence-electron chi connectivity index (χ1n) is 18.9. The van der Waals surface area contributed by atoms with E-state index < -0.39 is 71.9 Å². The van der Waals surface area contributed by atoms with E-state index >= 15 is 0 Å². The molecule has 0 radical (unpaired) electrons. The Kier molecular flexibility index (Phi) is 12.3. The fraction of sp³-hybridized carbons (Fsp3) is 0.700. The summed E-state index contributed by atoms with van der Waals surface area (Å²) < 4.78 is 25.2. The molecule has 2 bridgehead atoms. The standard InChI is InChI=1S/C40H61N3O9/c1-11-31-40(8,48)35-26(6)43(38(52-35)41-29-18-14-16-27-15-12-13-17-28(27)29)21-22(2)20-39(7,47)34(24(4)32(44)25(5)36(46)50-31)51-37-33(45)30(42(9)10)19-23(3)49-37/h12-18,22-26,30-35,37,44-45,47-48H,11,19-21H2,1-10H3/t22-,23-,24+,25-,26-,30+,31-,32+,33-,34-,35-,37+,39-,40-/m1/s1. The van der Waals surface area contributed by atoms with Crippen LogP contribution in [-0.4, -0.2) is 129 Å². The maximum absolute atomic E-state index is 13.8. The number of cyclic esters (lactones) is 1. The highest BCUT2D eigenvalue weighted by atomic mass is 16.7. The predicted molar refractivity (Wildman–Crippen MR) is 199 cm³/mol. The van der Waals surface area contributed by atoms with Gasteiger partial charge in [0.15, 0.2) is 12.4 Å². The lowest BCUT2D eigenvalue weighted by Gasteiger charge is -2.46. The van der Waals surface area contributed by atoms with E-state index in [9.17, 15) is 25.2 Å². The molecule has 4 N–H and O–H groups in total. The Bertz CT molecular complexity index is 1560. The first-order chi connectivity index (χ1) is 24.4. The summed E-state index contributed by atoms with van der Waals surface area (Å²) in [7, 11) is 3.77. The van der Waals surface area contributed by atoms with E-state index in [1.54, 1.807) is 27.7 Å². The highest BCUT2D eigenvalue weighted by Crippen LogP contribution is 2.39. The van der Waals surface area contributed by atoms with Crippen LogP contribution >= 0.6 is 0 Å². The lowest BCUT2D eigenvalue weighted by molar-refractivity contribution is -0.299. The van der Waals surface area contributed by atoms with Crippen molar-refractivity contribution in [3.05, 3.63) is 42.5 Å². The van der Waals surface area contributed by atoms with Gasteiger partial charge in [0.2, 0.25) is 0 Å². The second kappa shape index (κ2) is 15.9. The van der Waals surface area contributed by atoms with Gasteiger partial charge in [-0.15, -0.1) is 0 Å². The van der Waals surface area contributed by atoms with Crippen molar-refractivity contribution in [2.45, 2.75) is 141 Å². The third-order valence-corrected chi connectivity index (χ3v) is 11.6. The zero-order chi connectivity index (χ0) is 38.3. The van der Waals surface area contributed by atoms with Crippen molar-refractivity contribution < 1.29 is 44.2 Å². The van der Waals surface area contributed by atoms with E-state index in [4.69, 9.17) is 23.9 Å². The molecule has 2 aromatic carbocycles. The molecule has 3 saturated heterocycles. The number of aliphatic imine (C=N–C) groups is 1. The number of carbonyl (C=O) groups excluding carboxylic acids is 1. The van der Waals surface area contributed by atoms with Crippen LogP contribution in [-0.2, 0) is 23.7 Å². The van der Waals surface area contributed by atoms with Crippen molar-refractivity contribution in [1.29, 1.82) is 0 Å². The minimum absolute atomic E-state index is 0.189. The predicted octanol–water partition coefficient (Wildman–Crippen LogP) is 4.22. The third-order valence-electron chi connectivity index (χ3n) is 11.6. The third kappa shape index (κ3) is 8.13. The maximum atomic E-state index is 13.8. The number of ether oxygens (including phenoxy) is 4. The number of amidine groups is 1. The molecule has 0 spiro atoms. The van der Waals surface area contributed by atoms with Crippen LogP contribution in [0.1, 0.15) is 74.7 Å². The second-order valence-corrected chi connectivity index (χ2v) is 16.3. The van der Waals surface area contributed by atoms with Crippen LogP contribution in [0.15, 0.2) is 47.5 Å². The minimum atomic E-state index is -1.64. The van der Waals surface area contributed by atoms with E-state index in [0.29, 0.717) is 31.1 Å². The molecule has 3 heterocycles. The molecule has 0 unspecified atom stereocenters. The van der Waals surface area contributed by atoms with Crippen LogP contribution in [0.3, 0.4) is 0 Å². The number of benzene rings is 2. The highest BCUT2D eigenvalue weighted by molar-refractivity contribution is 5.95. The summed E-state index contributed by atoms with van der Waals surface area (Å²) in [6, 6.07) is 13.5. The molecule has 2 aromatic rings. The van der Waals surface area contributed by atoms with Crippen LogP contribution in [0, 0.1) is 17.8 Å². The smallest absolute Gasteiger partial charge is 0.311 e. The summed E-state index contributed by atoms with van der Waals surface area (Å²) in [5.74, 6) is -2.73. The second-order valence-electron chi connectivity index (χ2n) is 16.3. The van der Waals surface area contributed by atoms with Gasteiger partial charge in [0.1, 0.15) is 17.8 Å². The Hall–Kier alpha value is -2.84. The number of esters is 1. The molecular weight excluding hydrogens is 666 g/mol. The number of nitrogens with zero attached hydrogens (tertiary/aromatic N) is 3. The number of hydrogen-bond donors (Lipinski definition) is 4. The van der Waals surface area contributed by atoms with Gasteiger partial charge >= 0.3 is 5.97 Å². The van der Waals surface area contributed by atoms with Crippen LogP contribution in [0.4, 0.5) is 5.69 Å². The lowest BCUT2D eigenvalue weighted by Crippen LogP contribution is -2.59. The Balaban J connectivity index is 1.56. The fourth-order valence-electron chi connectivity index (χ4n) is 8.65. The molecule has 0 saturated carbocycles. The number of rotatable bonds is 5. The van der Waals surface area contributed by atoms with Crippen molar-refractivity contribution in [3.8, 4) is 0 Å². The number of carbonyl (C=O) groups is 1. The van der Waals surface area contributed by atoms with Crippen LogP contribution < -0.4 is 0 Å². The summed E-state index contributed by atoms with van der Waals surface area (Å²) in [5, 5.41) is 49.6. The first kappa shape index (κ1) is 40.3. The molecule has 5 rings (SSSR count). The Labute approximate surface area is 308 Å².